The molecule has 1 heterocycles. The average Bonchev–Trinajstić information content (AvgIpc) is 2.84. The van der Waals surface area contributed by atoms with Crippen LogP contribution in [0.4, 0.5) is 0 Å². The van der Waals surface area contributed by atoms with Gasteiger partial charge < -0.3 is 9.84 Å². The van der Waals surface area contributed by atoms with E-state index in [0.29, 0.717) is 5.92 Å². The molecule has 4 heteroatoms. The van der Waals surface area contributed by atoms with Crippen LogP contribution >= 0.6 is 0 Å². The minimum Gasteiger partial charge on any atom is -0.339 e. The van der Waals surface area contributed by atoms with Gasteiger partial charge in [0.2, 0.25) is 5.89 Å². The first kappa shape index (κ1) is 9.33. The van der Waals surface area contributed by atoms with E-state index in [1.165, 1.54) is 25.7 Å². The second kappa shape index (κ2) is 3.30. The molecule has 3 rings (SSSR count). The van der Waals surface area contributed by atoms with Crippen LogP contribution in [-0.4, -0.2) is 17.2 Å². The highest BCUT2D eigenvalue weighted by atomic mass is 16.5. The number of rotatable bonds is 3. The number of hydrogen-bond donors (Lipinski definition) is 1. The summed E-state index contributed by atoms with van der Waals surface area (Å²) < 4.78 is 5.33. The van der Waals surface area contributed by atoms with Crippen molar-refractivity contribution in [3.63, 3.8) is 0 Å². The summed E-state index contributed by atoms with van der Waals surface area (Å²) in [5, 5.41) is 7.54. The van der Waals surface area contributed by atoms with E-state index in [2.05, 4.69) is 15.5 Å². The lowest BCUT2D eigenvalue weighted by Gasteiger charge is -2.23. The number of hydrogen-bond acceptors (Lipinski definition) is 4. The molecule has 0 spiro atoms. The highest BCUT2D eigenvalue weighted by molar-refractivity contribution is 5.10. The third-order valence-electron chi connectivity index (χ3n) is 3.73. The van der Waals surface area contributed by atoms with Crippen molar-refractivity contribution in [2.24, 2.45) is 0 Å². The van der Waals surface area contributed by atoms with E-state index in [9.17, 15) is 0 Å². The van der Waals surface area contributed by atoms with Crippen LogP contribution in [0.3, 0.4) is 0 Å². The van der Waals surface area contributed by atoms with E-state index in [-0.39, 0.29) is 5.54 Å². The van der Waals surface area contributed by atoms with Crippen molar-refractivity contribution < 1.29 is 4.52 Å². The Balaban J connectivity index is 1.88. The Kier molecular flexibility index (Phi) is 2.06. The lowest BCUT2D eigenvalue weighted by atomic mass is 9.97. The van der Waals surface area contributed by atoms with Crippen LogP contribution in [0, 0.1) is 0 Å². The molecule has 0 amide bonds. The predicted octanol–water partition coefficient (Wildman–Crippen LogP) is 1.94. The van der Waals surface area contributed by atoms with Gasteiger partial charge in [-0.2, -0.15) is 4.98 Å². The second-order valence-corrected chi connectivity index (χ2v) is 4.77. The Morgan fingerprint density at radius 2 is 2.07 bits per heavy atom. The molecule has 2 aliphatic carbocycles. The molecule has 0 aromatic carbocycles. The van der Waals surface area contributed by atoms with Crippen molar-refractivity contribution in [1.82, 2.24) is 15.5 Å². The summed E-state index contributed by atoms with van der Waals surface area (Å²) in [7, 11) is 2.00. The normalized spacial score (nSPS) is 24.6. The quantitative estimate of drug-likeness (QED) is 0.823. The lowest BCUT2D eigenvalue weighted by molar-refractivity contribution is 0.316. The highest BCUT2D eigenvalue weighted by Crippen LogP contribution is 2.41. The molecule has 2 aliphatic rings. The van der Waals surface area contributed by atoms with E-state index in [1.807, 2.05) is 7.05 Å². The first-order valence-corrected chi connectivity index (χ1v) is 5.87. The lowest BCUT2D eigenvalue weighted by Crippen LogP contribution is -2.38. The predicted molar refractivity (Wildman–Crippen MR) is 55.5 cm³/mol. The number of nitrogens with zero attached hydrogens (tertiary/aromatic N) is 2. The molecule has 0 aliphatic heterocycles. The van der Waals surface area contributed by atoms with E-state index >= 15 is 0 Å². The SMILES string of the molecule is CNC1(c2noc(C3CC3)n2)CCCC1. The van der Waals surface area contributed by atoms with Gasteiger partial charge in [-0.3, -0.25) is 0 Å². The smallest absolute Gasteiger partial charge is 0.229 e. The van der Waals surface area contributed by atoms with E-state index in [0.717, 1.165) is 24.6 Å². The number of aromatic nitrogens is 2. The minimum atomic E-state index is -0.00333. The van der Waals surface area contributed by atoms with E-state index in [1.54, 1.807) is 0 Å². The van der Waals surface area contributed by atoms with Crippen LogP contribution in [-0.2, 0) is 5.54 Å². The van der Waals surface area contributed by atoms with Crippen LogP contribution < -0.4 is 5.32 Å². The molecule has 82 valence electrons. The van der Waals surface area contributed by atoms with Gasteiger partial charge in [0.25, 0.3) is 0 Å². The highest BCUT2D eigenvalue weighted by Gasteiger charge is 2.40. The zero-order valence-electron chi connectivity index (χ0n) is 9.12. The average molecular weight is 207 g/mol. The summed E-state index contributed by atoms with van der Waals surface area (Å²) in [6, 6.07) is 0. The summed E-state index contributed by atoms with van der Waals surface area (Å²) in [4.78, 5) is 4.56. The molecule has 1 N–H and O–H groups in total. The van der Waals surface area contributed by atoms with Crippen molar-refractivity contribution in [1.29, 1.82) is 0 Å². The zero-order chi connectivity index (χ0) is 10.3. The van der Waals surface area contributed by atoms with Crippen LogP contribution in [0.25, 0.3) is 0 Å². The minimum absolute atomic E-state index is 0.00333. The van der Waals surface area contributed by atoms with E-state index < -0.39 is 0 Å². The summed E-state index contributed by atoms with van der Waals surface area (Å²) in [5.74, 6) is 2.29. The van der Waals surface area contributed by atoms with Gasteiger partial charge in [-0.25, -0.2) is 0 Å². The van der Waals surface area contributed by atoms with Gasteiger partial charge in [0.05, 0.1) is 5.54 Å². The Bertz CT molecular complexity index is 350. The van der Waals surface area contributed by atoms with Crippen molar-refractivity contribution in [2.45, 2.75) is 50.0 Å². The molecular formula is C11H17N3O. The van der Waals surface area contributed by atoms with Gasteiger partial charge in [-0.1, -0.05) is 18.0 Å². The largest absolute Gasteiger partial charge is 0.339 e. The van der Waals surface area contributed by atoms with Gasteiger partial charge in [-0.05, 0) is 32.7 Å². The monoisotopic (exact) mass is 207 g/mol. The zero-order valence-corrected chi connectivity index (χ0v) is 9.12. The fourth-order valence-electron chi connectivity index (χ4n) is 2.49. The summed E-state index contributed by atoms with van der Waals surface area (Å²) in [6.07, 6.45) is 7.21. The molecule has 0 saturated heterocycles. The topological polar surface area (TPSA) is 51.0 Å². The maximum Gasteiger partial charge on any atom is 0.229 e. The molecule has 0 atom stereocenters. The second-order valence-electron chi connectivity index (χ2n) is 4.77. The maximum atomic E-state index is 5.33. The fourth-order valence-corrected chi connectivity index (χ4v) is 2.49. The molecule has 4 nitrogen and oxygen atoms in total. The fraction of sp³-hybridized carbons (Fsp3) is 0.818. The molecule has 0 radical (unpaired) electrons. The molecule has 0 unspecified atom stereocenters. The standard InChI is InChI=1S/C11H17N3O/c1-12-11(6-2-3-7-11)10-13-9(15-14-10)8-4-5-8/h8,12H,2-7H2,1H3. The molecule has 1 aromatic heterocycles. The Morgan fingerprint density at radius 1 is 1.33 bits per heavy atom. The summed E-state index contributed by atoms with van der Waals surface area (Å²) in [6.45, 7) is 0. The Labute approximate surface area is 89.4 Å². The molecule has 2 fully saturated rings. The molecule has 0 bridgehead atoms. The molecule has 15 heavy (non-hydrogen) atoms. The first-order valence-electron chi connectivity index (χ1n) is 5.87. The van der Waals surface area contributed by atoms with Gasteiger partial charge in [0.1, 0.15) is 0 Å². The molecular weight excluding hydrogens is 190 g/mol. The van der Waals surface area contributed by atoms with Crippen LogP contribution in [0.1, 0.15) is 56.2 Å². The van der Waals surface area contributed by atoms with Gasteiger partial charge in [0, 0.05) is 5.92 Å². The van der Waals surface area contributed by atoms with Crippen molar-refractivity contribution >= 4 is 0 Å². The van der Waals surface area contributed by atoms with E-state index in [4.69, 9.17) is 4.52 Å². The third-order valence-corrected chi connectivity index (χ3v) is 3.73. The van der Waals surface area contributed by atoms with Gasteiger partial charge >= 0.3 is 0 Å². The van der Waals surface area contributed by atoms with Crippen LogP contribution in [0.2, 0.25) is 0 Å². The molecule has 1 aromatic rings. The first-order chi connectivity index (χ1) is 7.34. The molecule has 2 saturated carbocycles. The summed E-state index contributed by atoms with van der Waals surface area (Å²) in [5.41, 5.74) is -0.00333. The Hall–Kier alpha value is -0.900. The van der Waals surface area contributed by atoms with Crippen LogP contribution in [0.5, 0.6) is 0 Å². The maximum absolute atomic E-state index is 5.33. The van der Waals surface area contributed by atoms with Crippen molar-refractivity contribution in [3.05, 3.63) is 11.7 Å². The van der Waals surface area contributed by atoms with Gasteiger partial charge in [-0.15, -0.1) is 0 Å². The summed E-state index contributed by atoms with van der Waals surface area (Å²) >= 11 is 0. The van der Waals surface area contributed by atoms with Crippen molar-refractivity contribution in [2.75, 3.05) is 7.05 Å². The number of nitrogens with one attached hydrogen (secondary N) is 1. The Morgan fingerprint density at radius 3 is 2.67 bits per heavy atom. The van der Waals surface area contributed by atoms with Crippen molar-refractivity contribution in [3.8, 4) is 0 Å². The van der Waals surface area contributed by atoms with Gasteiger partial charge in [0.15, 0.2) is 5.82 Å². The third kappa shape index (κ3) is 1.47. The van der Waals surface area contributed by atoms with Crippen LogP contribution in [0.15, 0.2) is 4.52 Å².